The molecule has 1 saturated carbocycles. The molecule has 0 bridgehead atoms. The second kappa shape index (κ2) is 11.9. The number of rotatable bonds is 8. The number of hydrogen-bond acceptors (Lipinski definition) is 9. The number of amides is 1. The van der Waals surface area contributed by atoms with Gasteiger partial charge in [0, 0.05) is 55.9 Å². The summed E-state index contributed by atoms with van der Waals surface area (Å²) < 4.78 is 26.6. The first kappa shape index (κ1) is 28.7. The summed E-state index contributed by atoms with van der Waals surface area (Å²) in [5.41, 5.74) is 2.53. The van der Waals surface area contributed by atoms with Crippen molar-refractivity contribution in [2.75, 3.05) is 24.5 Å². The third-order valence-corrected chi connectivity index (χ3v) is 7.84. The number of carbonyl (C=O) groups excluding carboxylic acids is 1. The molecule has 1 saturated heterocycles. The van der Waals surface area contributed by atoms with Crippen molar-refractivity contribution in [2.24, 2.45) is 5.41 Å². The lowest BCUT2D eigenvalue weighted by Gasteiger charge is -2.58. The maximum atomic E-state index is 14.2. The Morgan fingerprint density at radius 2 is 1.95 bits per heavy atom. The van der Waals surface area contributed by atoms with Gasteiger partial charge in [-0.15, -0.1) is 10.2 Å². The third kappa shape index (κ3) is 5.68. The van der Waals surface area contributed by atoms with Crippen molar-refractivity contribution >= 4 is 11.7 Å². The van der Waals surface area contributed by atoms with Crippen LogP contribution in [0.1, 0.15) is 69.1 Å². The number of fused-ring (bicyclic) bond motifs is 1. The molecule has 3 aromatic rings. The molecule has 2 aliphatic heterocycles. The van der Waals surface area contributed by atoms with Crippen LogP contribution in [0.15, 0.2) is 36.8 Å². The van der Waals surface area contributed by atoms with Crippen molar-refractivity contribution in [2.45, 2.75) is 72.7 Å². The highest BCUT2D eigenvalue weighted by Crippen LogP contribution is 2.52. The third-order valence-electron chi connectivity index (χ3n) is 7.84. The van der Waals surface area contributed by atoms with E-state index in [0.717, 1.165) is 56.0 Å². The van der Waals surface area contributed by atoms with Crippen LogP contribution in [0.25, 0.3) is 0 Å². The van der Waals surface area contributed by atoms with Gasteiger partial charge < -0.3 is 24.6 Å². The van der Waals surface area contributed by atoms with Gasteiger partial charge in [-0.1, -0.05) is 13.8 Å². The van der Waals surface area contributed by atoms with Gasteiger partial charge in [-0.3, -0.25) is 9.78 Å². The summed E-state index contributed by atoms with van der Waals surface area (Å²) in [7, 11) is 0. The van der Waals surface area contributed by atoms with E-state index in [1.807, 2.05) is 46.9 Å². The molecule has 1 aliphatic carbocycles. The fourth-order valence-electron chi connectivity index (χ4n) is 5.92. The summed E-state index contributed by atoms with van der Waals surface area (Å²) in [5, 5.41) is 11.4. The number of anilines is 1. The molecule has 0 unspecified atom stereocenters. The minimum absolute atomic E-state index is 0.0453. The molecule has 3 aliphatic rings. The van der Waals surface area contributed by atoms with Gasteiger partial charge in [0.15, 0.2) is 5.82 Å². The molecule has 1 spiro atoms. The quantitative estimate of drug-likeness (QED) is 0.416. The number of halogens is 1. The van der Waals surface area contributed by atoms with E-state index in [1.54, 1.807) is 4.90 Å². The van der Waals surface area contributed by atoms with E-state index < -0.39 is 5.82 Å². The minimum Gasteiger partial charge on any atom is -0.490 e. The second-order valence-corrected chi connectivity index (χ2v) is 10.9. The summed E-state index contributed by atoms with van der Waals surface area (Å²) in [6.07, 6.45) is 5.29. The van der Waals surface area contributed by atoms with Crippen LogP contribution in [0.4, 0.5) is 10.2 Å². The molecule has 1 aromatic carbocycles. The number of aromatic nitrogens is 4. The van der Waals surface area contributed by atoms with Gasteiger partial charge in [0.25, 0.3) is 11.8 Å². The summed E-state index contributed by atoms with van der Waals surface area (Å²) in [5.74, 6) is 1.07. The zero-order chi connectivity index (χ0) is 29.1. The predicted octanol–water partition coefficient (Wildman–Crippen LogP) is 4.75. The van der Waals surface area contributed by atoms with Crippen molar-refractivity contribution < 1.29 is 18.7 Å². The highest BCUT2D eigenvalue weighted by Gasteiger charge is 2.54. The monoisotopic (exact) mass is 563 g/mol. The van der Waals surface area contributed by atoms with Crippen LogP contribution in [0.2, 0.25) is 0 Å². The first-order valence-corrected chi connectivity index (χ1v) is 14.4. The zero-order valence-electron chi connectivity index (χ0n) is 24.4. The summed E-state index contributed by atoms with van der Waals surface area (Å²) in [6.45, 7) is 13.4. The van der Waals surface area contributed by atoms with E-state index in [2.05, 4.69) is 30.4 Å². The Bertz CT molecular complexity index is 1390. The molecule has 2 fully saturated rings. The molecule has 10 nitrogen and oxygen atoms in total. The normalized spacial score (nSPS) is 16.8. The minimum atomic E-state index is -0.512. The predicted molar refractivity (Wildman–Crippen MR) is 153 cm³/mol. The number of benzene rings is 1. The molecule has 41 heavy (non-hydrogen) atoms. The fraction of sp³-hybridized carbons (Fsp3) is 0.500. The van der Waals surface area contributed by atoms with Gasteiger partial charge in [0.1, 0.15) is 29.7 Å². The van der Waals surface area contributed by atoms with E-state index in [9.17, 15) is 9.18 Å². The van der Waals surface area contributed by atoms with Crippen molar-refractivity contribution in [3.05, 3.63) is 59.4 Å². The summed E-state index contributed by atoms with van der Waals surface area (Å²) in [6, 6.07) is 5.83. The van der Waals surface area contributed by atoms with Crippen LogP contribution in [0, 0.1) is 11.2 Å². The van der Waals surface area contributed by atoms with Crippen LogP contribution in [-0.4, -0.2) is 62.8 Å². The SMILES string of the molecule is CC.CCN(C(=O)c1cc(F)ccc1Oc1nncnc1N1CC2(CC(Oc3ccnc4c3CNC4)C2)C1)C(C)C. The van der Waals surface area contributed by atoms with Crippen molar-refractivity contribution in [1.82, 2.24) is 30.4 Å². The van der Waals surface area contributed by atoms with Gasteiger partial charge in [-0.25, -0.2) is 9.37 Å². The lowest BCUT2D eigenvalue weighted by Crippen LogP contribution is -2.65. The lowest BCUT2D eigenvalue weighted by atomic mass is 9.61. The van der Waals surface area contributed by atoms with Crippen LogP contribution in [0.5, 0.6) is 17.4 Å². The Morgan fingerprint density at radius 3 is 2.68 bits per heavy atom. The Labute approximate surface area is 240 Å². The van der Waals surface area contributed by atoms with E-state index in [0.29, 0.717) is 12.4 Å². The molecule has 1 amide bonds. The maximum Gasteiger partial charge on any atom is 0.282 e. The van der Waals surface area contributed by atoms with Crippen LogP contribution in [0.3, 0.4) is 0 Å². The number of nitrogens with zero attached hydrogens (tertiary/aromatic N) is 6. The fourth-order valence-corrected chi connectivity index (χ4v) is 5.92. The molecule has 0 atom stereocenters. The first-order valence-electron chi connectivity index (χ1n) is 14.4. The maximum absolute atomic E-state index is 14.2. The average Bonchev–Trinajstić information content (AvgIpc) is 3.42. The van der Waals surface area contributed by atoms with Crippen LogP contribution in [-0.2, 0) is 13.1 Å². The highest BCUT2D eigenvalue weighted by atomic mass is 19.1. The number of ether oxygens (including phenoxy) is 2. The highest BCUT2D eigenvalue weighted by molar-refractivity contribution is 5.97. The van der Waals surface area contributed by atoms with E-state index >= 15 is 0 Å². The van der Waals surface area contributed by atoms with Crippen molar-refractivity contribution in [1.29, 1.82) is 0 Å². The Kier molecular flexibility index (Phi) is 8.35. The van der Waals surface area contributed by atoms with Gasteiger partial charge in [0.05, 0.1) is 11.3 Å². The van der Waals surface area contributed by atoms with E-state index in [-0.39, 0.29) is 40.7 Å². The molecular weight excluding hydrogens is 525 g/mol. The largest absolute Gasteiger partial charge is 0.490 e. The second-order valence-electron chi connectivity index (χ2n) is 10.9. The van der Waals surface area contributed by atoms with Crippen molar-refractivity contribution in [3.8, 4) is 17.4 Å². The average molecular weight is 564 g/mol. The molecule has 6 rings (SSSR count). The Hall–Kier alpha value is -3.86. The zero-order valence-corrected chi connectivity index (χ0v) is 24.4. The Morgan fingerprint density at radius 1 is 1.17 bits per heavy atom. The van der Waals surface area contributed by atoms with Gasteiger partial charge in [0.2, 0.25) is 0 Å². The molecule has 11 heteroatoms. The van der Waals surface area contributed by atoms with E-state index in [1.165, 1.54) is 24.5 Å². The van der Waals surface area contributed by atoms with Gasteiger partial charge >= 0.3 is 0 Å². The first-order chi connectivity index (χ1) is 19.9. The van der Waals surface area contributed by atoms with Gasteiger partial charge in [-0.2, -0.15) is 0 Å². The standard InChI is InChI=1S/C28H32FN7O3.C2H6/c1-4-36(17(2)3)27(37)20-9-18(29)5-6-23(20)39-26-25(32-16-33-34-26)35-14-28(15-35)10-19(11-28)38-24-7-8-31-22-13-30-12-21(22)24;1-2/h5-9,16-17,19,30H,4,10-15H2,1-3H3;1-2H3. The lowest BCUT2D eigenvalue weighted by molar-refractivity contribution is -0.0349. The molecule has 0 radical (unpaired) electrons. The molecule has 2 aromatic heterocycles. The smallest absolute Gasteiger partial charge is 0.282 e. The topological polar surface area (TPSA) is 106 Å². The molecule has 1 N–H and O–H groups in total. The number of pyridine rings is 1. The van der Waals surface area contributed by atoms with Gasteiger partial charge in [-0.05, 0) is 57.9 Å². The Balaban J connectivity index is 0.00000165. The summed E-state index contributed by atoms with van der Waals surface area (Å²) >= 11 is 0. The molecule has 218 valence electrons. The number of carbonyl (C=O) groups is 1. The van der Waals surface area contributed by atoms with Crippen LogP contribution >= 0.6 is 0 Å². The molecule has 4 heterocycles. The van der Waals surface area contributed by atoms with Crippen molar-refractivity contribution in [3.63, 3.8) is 0 Å². The number of hydrogen-bond donors (Lipinski definition) is 1. The van der Waals surface area contributed by atoms with Crippen LogP contribution < -0.4 is 19.7 Å². The summed E-state index contributed by atoms with van der Waals surface area (Å²) in [4.78, 5) is 25.8. The molecular formula is C30H38FN7O3. The van der Waals surface area contributed by atoms with E-state index in [4.69, 9.17) is 9.47 Å². The number of nitrogens with one attached hydrogen (secondary N) is 1.